The van der Waals surface area contributed by atoms with Crippen LogP contribution in [0.5, 0.6) is 0 Å². The molecule has 1 saturated heterocycles. The maximum atomic E-state index is 12.4. The second-order valence-electron chi connectivity index (χ2n) is 5.37. The number of unbranched alkanes of at least 4 members (excludes halogenated alkanes) is 2. The van der Waals surface area contributed by atoms with Crippen LogP contribution in [0.2, 0.25) is 0 Å². The van der Waals surface area contributed by atoms with Gasteiger partial charge in [-0.2, -0.15) is 9.40 Å². The second-order valence-corrected chi connectivity index (χ2v) is 7.28. The topological polar surface area (TPSA) is 95.3 Å². The van der Waals surface area contributed by atoms with Crippen molar-refractivity contribution in [2.75, 3.05) is 39.3 Å². The summed E-state index contributed by atoms with van der Waals surface area (Å²) < 4.78 is 26.4. The van der Waals surface area contributed by atoms with Gasteiger partial charge >= 0.3 is 0 Å². The number of nitrogens with zero attached hydrogens (tertiary/aromatic N) is 3. The summed E-state index contributed by atoms with van der Waals surface area (Å²) in [7, 11) is -3.42. The molecule has 1 aromatic heterocycles. The van der Waals surface area contributed by atoms with Crippen LogP contribution in [0, 0.1) is 0 Å². The van der Waals surface area contributed by atoms with Gasteiger partial charge in [-0.05, 0) is 45.0 Å². The Bertz CT molecular complexity index is 503. The Kier molecular flexibility index (Phi) is 6.16. The molecule has 0 unspecified atom stereocenters. The zero-order valence-electron chi connectivity index (χ0n) is 12.4. The van der Waals surface area contributed by atoms with Crippen LogP contribution in [0.1, 0.15) is 25.7 Å². The number of rotatable bonds is 7. The van der Waals surface area contributed by atoms with Gasteiger partial charge in [0.2, 0.25) is 0 Å². The van der Waals surface area contributed by atoms with Gasteiger partial charge in [0.05, 0.1) is 6.20 Å². The minimum atomic E-state index is -3.42. The molecule has 1 aromatic rings. The second kappa shape index (κ2) is 7.88. The molecule has 1 aliphatic heterocycles. The Labute approximate surface area is 126 Å². The summed E-state index contributed by atoms with van der Waals surface area (Å²) in [6.07, 6.45) is 5.67. The van der Waals surface area contributed by atoms with Gasteiger partial charge in [-0.15, -0.1) is 0 Å². The first kappa shape index (κ1) is 16.4. The van der Waals surface area contributed by atoms with E-state index < -0.39 is 10.0 Å². The Balaban J connectivity index is 1.86. The molecule has 1 aliphatic rings. The van der Waals surface area contributed by atoms with E-state index in [0.717, 1.165) is 51.9 Å². The fraction of sp³-hybridized carbons (Fsp3) is 0.769. The Hall–Kier alpha value is -0.960. The molecule has 21 heavy (non-hydrogen) atoms. The predicted molar refractivity (Wildman–Crippen MR) is 81.3 cm³/mol. The Morgan fingerprint density at radius 3 is 2.76 bits per heavy atom. The third-order valence-electron chi connectivity index (χ3n) is 3.82. The summed E-state index contributed by atoms with van der Waals surface area (Å²) in [4.78, 5) is 2.35. The van der Waals surface area contributed by atoms with Gasteiger partial charge in [-0.25, -0.2) is 8.42 Å². The molecule has 0 saturated carbocycles. The third kappa shape index (κ3) is 4.50. The van der Waals surface area contributed by atoms with Gasteiger partial charge in [-0.3, -0.25) is 5.10 Å². The highest BCUT2D eigenvalue weighted by molar-refractivity contribution is 7.89. The molecular formula is C13H25N5O2S. The largest absolute Gasteiger partial charge is 0.330 e. The minimum absolute atomic E-state index is 0.180. The van der Waals surface area contributed by atoms with Gasteiger partial charge in [-0.1, -0.05) is 6.42 Å². The maximum absolute atomic E-state index is 12.4. The zero-order valence-corrected chi connectivity index (χ0v) is 13.2. The molecule has 3 N–H and O–H groups in total. The average Bonchev–Trinajstić information content (AvgIpc) is 2.91. The van der Waals surface area contributed by atoms with E-state index in [2.05, 4.69) is 15.1 Å². The summed E-state index contributed by atoms with van der Waals surface area (Å²) in [6, 6.07) is 1.50. The molecule has 8 heteroatoms. The van der Waals surface area contributed by atoms with Crippen LogP contribution in [0.15, 0.2) is 17.3 Å². The number of nitrogens with one attached hydrogen (secondary N) is 1. The van der Waals surface area contributed by atoms with Gasteiger partial charge in [0.1, 0.15) is 0 Å². The molecule has 7 nitrogen and oxygen atoms in total. The van der Waals surface area contributed by atoms with Crippen LogP contribution in [-0.4, -0.2) is 67.1 Å². The van der Waals surface area contributed by atoms with Crippen LogP contribution in [0.4, 0.5) is 0 Å². The highest BCUT2D eigenvalue weighted by Gasteiger charge is 2.27. The molecular weight excluding hydrogens is 290 g/mol. The van der Waals surface area contributed by atoms with Gasteiger partial charge < -0.3 is 10.6 Å². The first-order valence-electron chi connectivity index (χ1n) is 7.56. The summed E-state index contributed by atoms with van der Waals surface area (Å²) in [6.45, 7) is 4.63. The van der Waals surface area contributed by atoms with Crippen molar-refractivity contribution < 1.29 is 8.42 Å². The number of H-pyrrole nitrogens is 1. The van der Waals surface area contributed by atoms with Crippen molar-refractivity contribution in [3.8, 4) is 0 Å². The lowest BCUT2D eigenvalue weighted by atomic mass is 10.2. The fourth-order valence-corrected chi connectivity index (χ4v) is 3.96. The van der Waals surface area contributed by atoms with Gasteiger partial charge in [0, 0.05) is 19.6 Å². The van der Waals surface area contributed by atoms with Crippen LogP contribution in [-0.2, 0) is 10.0 Å². The third-order valence-corrected chi connectivity index (χ3v) is 5.65. The fourth-order valence-electron chi connectivity index (χ4n) is 2.59. The highest BCUT2D eigenvalue weighted by Crippen LogP contribution is 2.15. The van der Waals surface area contributed by atoms with Crippen molar-refractivity contribution in [3.63, 3.8) is 0 Å². The quantitative estimate of drug-likeness (QED) is 0.703. The van der Waals surface area contributed by atoms with E-state index in [-0.39, 0.29) is 5.03 Å². The highest BCUT2D eigenvalue weighted by atomic mass is 32.2. The van der Waals surface area contributed by atoms with E-state index in [9.17, 15) is 8.42 Å². The molecule has 1 fully saturated rings. The van der Waals surface area contributed by atoms with Crippen LogP contribution in [0.3, 0.4) is 0 Å². The van der Waals surface area contributed by atoms with Crippen molar-refractivity contribution in [1.82, 2.24) is 19.4 Å². The van der Waals surface area contributed by atoms with Gasteiger partial charge in [0.15, 0.2) is 5.03 Å². The number of hydrogen-bond donors (Lipinski definition) is 2. The molecule has 0 spiro atoms. The van der Waals surface area contributed by atoms with E-state index in [1.165, 1.54) is 12.3 Å². The minimum Gasteiger partial charge on any atom is -0.330 e. The average molecular weight is 315 g/mol. The smallest absolute Gasteiger partial charge is 0.260 e. The SMILES string of the molecule is NCCCCCN1CCCN(S(=O)(=O)c2ccn[nH]2)CC1. The van der Waals surface area contributed by atoms with Crippen LogP contribution >= 0.6 is 0 Å². The summed E-state index contributed by atoms with van der Waals surface area (Å²) >= 11 is 0. The van der Waals surface area contributed by atoms with Crippen molar-refractivity contribution in [2.45, 2.75) is 30.7 Å². The lowest BCUT2D eigenvalue weighted by Gasteiger charge is -2.21. The maximum Gasteiger partial charge on any atom is 0.260 e. The van der Waals surface area contributed by atoms with Crippen LogP contribution in [0.25, 0.3) is 0 Å². The summed E-state index contributed by atoms with van der Waals surface area (Å²) in [5, 5.41) is 6.46. The van der Waals surface area contributed by atoms with E-state index in [1.807, 2.05) is 0 Å². The van der Waals surface area contributed by atoms with E-state index in [4.69, 9.17) is 5.73 Å². The number of nitrogens with two attached hydrogens (primary N) is 1. The summed E-state index contributed by atoms with van der Waals surface area (Å²) in [5.41, 5.74) is 5.49. The van der Waals surface area contributed by atoms with E-state index in [1.54, 1.807) is 4.31 Å². The predicted octanol–water partition coefficient (Wildman–Crippen LogP) is 0.235. The first-order valence-corrected chi connectivity index (χ1v) is 9.00. The lowest BCUT2D eigenvalue weighted by Crippen LogP contribution is -2.35. The zero-order chi connectivity index (χ0) is 15.1. The number of hydrogen-bond acceptors (Lipinski definition) is 5. The lowest BCUT2D eigenvalue weighted by molar-refractivity contribution is 0.280. The van der Waals surface area contributed by atoms with Crippen molar-refractivity contribution in [3.05, 3.63) is 12.3 Å². The normalized spacial score (nSPS) is 18.7. The van der Waals surface area contributed by atoms with E-state index >= 15 is 0 Å². The Morgan fingerprint density at radius 2 is 2.05 bits per heavy atom. The molecule has 0 radical (unpaired) electrons. The molecule has 0 bridgehead atoms. The molecule has 0 amide bonds. The molecule has 0 atom stereocenters. The molecule has 120 valence electrons. The summed E-state index contributed by atoms with van der Waals surface area (Å²) in [5.74, 6) is 0. The molecule has 2 rings (SSSR count). The van der Waals surface area contributed by atoms with Crippen molar-refractivity contribution in [1.29, 1.82) is 0 Å². The van der Waals surface area contributed by atoms with Crippen LogP contribution < -0.4 is 5.73 Å². The van der Waals surface area contributed by atoms with E-state index in [0.29, 0.717) is 13.1 Å². The molecule has 0 aromatic carbocycles. The van der Waals surface area contributed by atoms with Crippen molar-refractivity contribution in [2.24, 2.45) is 5.73 Å². The number of aromatic amines is 1. The monoisotopic (exact) mass is 315 g/mol. The first-order chi connectivity index (χ1) is 10.1. The Morgan fingerprint density at radius 1 is 1.19 bits per heavy atom. The standard InChI is InChI=1S/C13H25N5O2S/c14-6-2-1-3-8-17-9-4-10-18(12-11-17)21(19,20)13-5-7-15-16-13/h5,7H,1-4,6,8-12,14H2,(H,15,16). The molecule has 0 aliphatic carbocycles. The number of aromatic nitrogens is 2. The van der Waals surface area contributed by atoms with Gasteiger partial charge in [0.25, 0.3) is 10.0 Å². The van der Waals surface area contributed by atoms with Crippen molar-refractivity contribution >= 4 is 10.0 Å². The molecule has 2 heterocycles. The number of sulfonamides is 1.